The van der Waals surface area contributed by atoms with Crippen LogP contribution in [0.4, 0.5) is 0 Å². The molecule has 0 aromatic heterocycles. The molecule has 2 nitrogen and oxygen atoms in total. The Balaban J connectivity index is 1.67. The van der Waals surface area contributed by atoms with Crippen molar-refractivity contribution >= 4 is 15.9 Å². The van der Waals surface area contributed by atoms with Crippen LogP contribution in [0.5, 0.6) is 0 Å². The second-order valence-corrected chi connectivity index (χ2v) is 7.55. The predicted molar refractivity (Wildman–Crippen MR) is 103 cm³/mol. The van der Waals surface area contributed by atoms with Gasteiger partial charge in [0.25, 0.3) is 0 Å². The number of hydrogen-bond acceptors (Lipinski definition) is 2. The van der Waals surface area contributed by atoms with E-state index in [2.05, 4.69) is 82.5 Å². The molecule has 2 aromatic rings. The third-order valence-electron chi connectivity index (χ3n) is 4.93. The Hall–Kier alpha value is -1.16. The van der Waals surface area contributed by atoms with E-state index in [9.17, 15) is 0 Å². The zero-order chi connectivity index (χ0) is 16.8. The maximum Gasteiger partial charge on any atom is 0.108 e. The highest BCUT2D eigenvalue weighted by atomic mass is 79.9. The lowest BCUT2D eigenvalue weighted by Gasteiger charge is -2.32. The number of halogens is 1. The summed E-state index contributed by atoms with van der Waals surface area (Å²) in [5.41, 5.74) is 2.43. The van der Waals surface area contributed by atoms with E-state index in [4.69, 9.17) is 4.74 Å². The normalized spacial score (nSPS) is 20.0. The van der Waals surface area contributed by atoms with Gasteiger partial charge in [-0.2, -0.15) is 0 Å². The molecule has 2 unspecified atom stereocenters. The van der Waals surface area contributed by atoms with Crippen molar-refractivity contribution in [2.75, 3.05) is 20.2 Å². The molecule has 1 heterocycles. The molecule has 128 valence electrons. The summed E-state index contributed by atoms with van der Waals surface area (Å²) >= 11 is 3.52. The first-order chi connectivity index (χ1) is 11.7. The monoisotopic (exact) mass is 387 g/mol. The Morgan fingerprint density at radius 3 is 2.46 bits per heavy atom. The van der Waals surface area contributed by atoms with Crippen molar-refractivity contribution in [2.45, 2.75) is 37.8 Å². The van der Waals surface area contributed by atoms with Crippen molar-refractivity contribution < 1.29 is 4.74 Å². The van der Waals surface area contributed by atoms with Gasteiger partial charge in [0.2, 0.25) is 0 Å². The highest BCUT2D eigenvalue weighted by Crippen LogP contribution is 2.28. The van der Waals surface area contributed by atoms with E-state index < -0.39 is 0 Å². The second kappa shape index (κ2) is 8.80. The first-order valence-electron chi connectivity index (χ1n) is 8.86. The van der Waals surface area contributed by atoms with Crippen molar-refractivity contribution in [1.29, 1.82) is 0 Å². The van der Waals surface area contributed by atoms with Crippen LogP contribution < -0.4 is 0 Å². The van der Waals surface area contributed by atoms with Crippen LogP contribution in [-0.4, -0.2) is 31.1 Å². The van der Waals surface area contributed by atoms with Gasteiger partial charge in [0, 0.05) is 17.1 Å². The Morgan fingerprint density at radius 1 is 1.04 bits per heavy atom. The van der Waals surface area contributed by atoms with Crippen molar-refractivity contribution in [1.82, 2.24) is 4.90 Å². The molecule has 0 saturated carbocycles. The summed E-state index contributed by atoms with van der Waals surface area (Å²) in [6, 6.07) is 19.7. The number of likely N-dealkylation sites (tertiary alicyclic amines) is 1. The third-order valence-corrected chi connectivity index (χ3v) is 5.46. The number of ether oxygens (including phenoxy) is 1. The number of rotatable bonds is 6. The van der Waals surface area contributed by atoms with Crippen LogP contribution in [0.25, 0.3) is 0 Å². The smallest absolute Gasteiger partial charge is 0.108 e. The van der Waals surface area contributed by atoms with Crippen LogP contribution in [0.15, 0.2) is 59.1 Å². The molecule has 1 fully saturated rings. The van der Waals surface area contributed by atoms with Crippen molar-refractivity contribution in [2.24, 2.45) is 0 Å². The molecule has 1 aliphatic rings. The summed E-state index contributed by atoms with van der Waals surface area (Å²) in [4.78, 5) is 2.49. The molecule has 3 heteroatoms. The van der Waals surface area contributed by atoms with E-state index in [0.29, 0.717) is 6.04 Å². The number of nitrogens with zero attached hydrogens (tertiary/aromatic N) is 1. The van der Waals surface area contributed by atoms with Crippen molar-refractivity contribution in [3.63, 3.8) is 0 Å². The van der Waals surface area contributed by atoms with Crippen LogP contribution in [0, 0.1) is 0 Å². The minimum atomic E-state index is 0.00759. The van der Waals surface area contributed by atoms with Gasteiger partial charge < -0.3 is 9.64 Å². The number of hydrogen-bond donors (Lipinski definition) is 0. The molecule has 1 aliphatic heterocycles. The lowest BCUT2D eigenvalue weighted by Crippen LogP contribution is -2.37. The third kappa shape index (κ3) is 4.69. The van der Waals surface area contributed by atoms with Gasteiger partial charge in [-0.05, 0) is 56.1 Å². The molecule has 2 aromatic carbocycles. The Morgan fingerprint density at radius 2 is 1.75 bits per heavy atom. The minimum absolute atomic E-state index is 0.00759. The molecule has 0 amide bonds. The molecule has 0 N–H and O–H groups in total. The molecule has 0 bridgehead atoms. The quantitative estimate of drug-likeness (QED) is 0.654. The molecule has 0 spiro atoms. The molecule has 0 aliphatic carbocycles. The SMILES string of the molecule is CN1CCCCC1CCOC(c1ccccc1)c1ccc(Br)cc1. The molecular weight excluding hydrogens is 362 g/mol. The molecular formula is C21H26BrNO. The summed E-state index contributed by atoms with van der Waals surface area (Å²) in [5.74, 6) is 0. The summed E-state index contributed by atoms with van der Waals surface area (Å²) in [6.07, 6.45) is 5.10. The Kier molecular flexibility index (Phi) is 6.47. The summed E-state index contributed by atoms with van der Waals surface area (Å²) in [6.45, 7) is 2.02. The summed E-state index contributed by atoms with van der Waals surface area (Å²) < 4.78 is 7.46. The van der Waals surface area contributed by atoms with Crippen LogP contribution in [-0.2, 0) is 4.74 Å². The van der Waals surface area contributed by atoms with Crippen LogP contribution >= 0.6 is 15.9 Å². The summed E-state index contributed by atoms with van der Waals surface area (Å²) in [7, 11) is 2.24. The van der Waals surface area contributed by atoms with Crippen molar-refractivity contribution in [3.05, 3.63) is 70.2 Å². The standard InChI is InChI=1S/C21H26BrNO/c1-23-15-6-5-9-20(23)14-16-24-21(17-7-3-2-4-8-17)18-10-12-19(22)13-11-18/h2-4,7-8,10-13,20-21H,5-6,9,14-16H2,1H3. The van der Waals surface area contributed by atoms with Gasteiger partial charge >= 0.3 is 0 Å². The fourth-order valence-corrected chi connectivity index (χ4v) is 3.75. The second-order valence-electron chi connectivity index (χ2n) is 6.63. The zero-order valence-electron chi connectivity index (χ0n) is 14.3. The van der Waals surface area contributed by atoms with E-state index in [1.54, 1.807) is 0 Å². The highest BCUT2D eigenvalue weighted by molar-refractivity contribution is 9.10. The minimum Gasteiger partial charge on any atom is -0.369 e. The maximum absolute atomic E-state index is 6.36. The molecule has 3 rings (SSSR count). The van der Waals surface area contributed by atoms with Gasteiger partial charge in [0.05, 0.1) is 0 Å². The lowest BCUT2D eigenvalue weighted by atomic mass is 9.99. The largest absolute Gasteiger partial charge is 0.369 e. The van der Waals surface area contributed by atoms with Gasteiger partial charge in [-0.3, -0.25) is 0 Å². The predicted octanol–water partition coefficient (Wildman–Crippen LogP) is 5.43. The Bertz CT molecular complexity index is 613. The van der Waals surface area contributed by atoms with Crippen molar-refractivity contribution in [3.8, 4) is 0 Å². The first-order valence-corrected chi connectivity index (χ1v) is 9.65. The van der Waals surface area contributed by atoms with Gasteiger partial charge in [-0.25, -0.2) is 0 Å². The fourth-order valence-electron chi connectivity index (χ4n) is 3.48. The van der Waals surface area contributed by atoms with Crippen LogP contribution in [0.2, 0.25) is 0 Å². The molecule has 0 radical (unpaired) electrons. The van der Waals surface area contributed by atoms with Gasteiger partial charge in [0.15, 0.2) is 0 Å². The van der Waals surface area contributed by atoms with Gasteiger partial charge in [-0.1, -0.05) is 64.8 Å². The van der Waals surface area contributed by atoms with E-state index in [1.165, 1.54) is 36.9 Å². The molecule has 2 atom stereocenters. The van der Waals surface area contributed by atoms with Crippen LogP contribution in [0.1, 0.15) is 42.9 Å². The van der Waals surface area contributed by atoms with Gasteiger partial charge in [-0.15, -0.1) is 0 Å². The Labute approximate surface area is 154 Å². The van der Waals surface area contributed by atoms with E-state index in [0.717, 1.165) is 17.5 Å². The van der Waals surface area contributed by atoms with Crippen LogP contribution in [0.3, 0.4) is 0 Å². The highest BCUT2D eigenvalue weighted by Gasteiger charge is 2.20. The topological polar surface area (TPSA) is 12.5 Å². The summed E-state index contributed by atoms with van der Waals surface area (Å²) in [5, 5.41) is 0. The molecule has 24 heavy (non-hydrogen) atoms. The van der Waals surface area contributed by atoms with Gasteiger partial charge in [0.1, 0.15) is 6.10 Å². The number of piperidine rings is 1. The average molecular weight is 388 g/mol. The number of benzene rings is 2. The van der Waals surface area contributed by atoms with E-state index in [-0.39, 0.29) is 6.10 Å². The lowest BCUT2D eigenvalue weighted by molar-refractivity contribution is 0.0545. The first kappa shape index (κ1) is 17.7. The average Bonchev–Trinajstić information content (AvgIpc) is 2.62. The van der Waals surface area contributed by atoms with E-state index >= 15 is 0 Å². The molecule has 1 saturated heterocycles. The fraction of sp³-hybridized carbons (Fsp3) is 0.429. The zero-order valence-corrected chi connectivity index (χ0v) is 15.9. The maximum atomic E-state index is 6.36. The van der Waals surface area contributed by atoms with E-state index in [1.807, 2.05) is 0 Å².